The van der Waals surface area contributed by atoms with Crippen molar-refractivity contribution in [2.75, 3.05) is 19.0 Å². The third-order valence-electron chi connectivity index (χ3n) is 2.86. The Kier molecular flexibility index (Phi) is 4.60. The second-order valence-electron chi connectivity index (χ2n) is 4.77. The molecule has 1 aliphatic carbocycles. The minimum Gasteiger partial charge on any atom is -0.381 e. The van der Waals surface area contributed by atoms with E-state index in [9.17, 15) is 0 Å². The van der Waals surface area contributed by atoms with Crippen molar-refractivity contribution in [2.24, 2.45) is 11.3 Å². The first-order valence-corrected chi connectivity index (χ1v) is 6.00. The highest BCUT2D eigenvalue weighted by atomic mass is 32.1. The van der Waals surface area contributed by atoms with Crippen LogP contribution in [0.1, 0.15) is 39.5 Å². The molecule has 1 rings (SSSR count). The van der Waals surface area contributed by atoms with Crippen LogP contribution in [0, 0.1) is 11.3 Å². The van der Waals surface area contributed by atoms with Crippen molar-refractivity contribution in [3.63, 3.8) is 0 Å². The fraction of sp³-hybridized carbons (Fsp3) is 1.00. The highest BCUT2D eigenvalue weighted by molar-refractivity contribution is 7.80. The molecule has 1 fully saturated rings. The molecule has 1 nitrogen and oxygen atoms in total. The van der Waals surface area contributed by atoms with Gasteiger partial charge in [0.05, 0.1) is 6.61 Å². The van der Waals surface area contributed by atoms with Gasteiger partial charge in [-0.25, -0.2) is 0 Å². The van der Waals surface area contributed by atoms with Crippen LogP contribution in [0.5, 0.6) is 0 Å². The Labute approximate surface area is 87.7 Å². The van der Waals surface area contributed by atoms with Crippen LogP contribution in [-0.2, 0) is 4.74 Å². The molecule has 0 spiro atoms. The van der Waals surface area contributed by atoms with Crippen LogP contribution in [0.25, 0.3) is 0 Å². The molecule has 0 aromatic carbocycles. The Morgan fingerprint density at radius 1 is 1.31 bits per heavy atom. The van der Waals surface area contributed by atoms with E-state index in [1.165, 1.54) is 25.7 Å². The maximum atomic E-state index is 5.72. The monoisotopic (exact) mass is 202 g/mol. The van der Waals surface area contributed by atoms with E-state index in [1.807, 2.05) is 0 Å². The summed E-state index contributed by atoms with van der Waals surface area (Å²) in [7, 11) is 0. The fourth-order valence-electron chi connectivity index (χ4n) is 1.98. The van der Waals surface area contributed by atoms with Gasteiger partial charge in [-0.05, 0) is 24.5 Å². The predicted molar refractivity (Wildman–Crippen MR) is 60.4 cm³/mol. The number of hydrogen-bond acceptors (Lipinski definition) is 2. The highest BCUT2D eigenvalue weighted by Crippen LogP contribution is 2.39. The van der Waals surface area contributed by atoms with Crippen LogP contribution < -0.4 is 0 Å². The Balaban J connectivity index is 2.23. The van der Waals surface area contributed by atoms with Gasteiger partial charge in [-0.1, -0.05) is 26.7 Å². The van der Waals surface area contributed by atoms with Crippen molar-refractivity contribution in [1.29, 1.82) is 0 Å². The summed E-state index contributed by atoms with van der Waals surface area (Å²) >= 11 is 4.45. The highest BCUT2D eigenvalue weighted by Gasteiger charge is 2.32. The summed E-state index contributed by atoms with van der Waals surface area (Å²) in [4.78, 5) is 0. The molecule has 0 bridgehead atoms. The quantitative estimate of drug-likeness (QED) is 0.674. The van der Waals surface area contributed by atoms with Crippen LogP contribution in [0.4, 0.5) is 0 Å². The number of thiol groups is 1. The van der Waals surface area contributed by atoms with Crippen LogP contribution in [0.15, 0.2) is 0 Å². The van der Waals surface area contributed by atoms with Gasteiger partial charge >= 0.3 is 0 Å². The Hall–Kier alpha value is 0.310. The summed E-state index contributed by atoms with van der Waals surface area (Å²) in [5.41, 5.74) is 0.415. The first-order chi connectivity index (χ1) is 6.18. The van der Waals surface area contributed by atoms with Crippen LogP contribution >= 0.6 is 12.6 Å². The van der Waals surface area contributed by atoms with Gasteiger partial charge in [0.2, 0.25) is 0 Å². The zero-order valence-corrected chi connectivity index (χ0v) is 9.78. The Bertz CT molecular complexity index is 139. The lowest BCUT2D eigenvalue weighted by Crippen LogP contribution is -2.26. The normalized spacial score (nSPS) is 21.2. The van der Waals surface area contributed by atoms with E-state index in [0.29, 0.717) is 11.3 Å². The topological polar surface area (TPSA) is 9.23 Å². The van der Waals surface area contributed by atoms with Gasteiger partial charge < -0.3 is 4.74 Å². The molecule has 0 aromatic rings. The van der Waals surface area contributed by atoms with Crippen LogP contribution in [-0.4, -0.2) is 19.0 Å². The van der Waals surface area contributed by atoms with Crippen molar-refractivity contribution < 1.29 is 4.74 Å². The predicted octanol–water partition coefficient (Wildman–Crippen LogP) is 3.15. The molecule has 0 N–H and O–H groups in total. The first kappa shape index (κ1) is 11.4. The molecule has 0 atom stereocenters. The van der Waals surface area contributed by atoms with Crippen molar-refractivity contribution in [3.05, 3.63) is 0 Å². The van der Waals surface area contributed by atoms with Gasteiger partial charge in [-0.3, -0.25) is 0 Å². The Morgan fingerprint density at radius 3 is 2.38 bits per heavy atom. The summed E-state index contributed by atoms with van der Waals surface area (Å²) in [5, 5.41) is 0. The molecule has 0 amide bonds. The van der Waals surface area contributed by atoms with E-state index in [2.05, 4.69) is 26.5 Å². The maximum absolute atomic E-state index is 5.72. The summed E-state index contributed by atoms with van der Waals surface area (Å²) in [6.45, 7) is 6.22. The van der Waals surface area contributed by atoms with Gasteiger partial charge in [0.25, 0.3) is 0 Å². The molecule has 0 saturated heterocycles. The molecular formula is C11H22OS. The summed E-state index contributed by atoms with van der Waals surface area (Å²) < 4.78 is 5.72. The summed E-state index contributed by atoms with van der Waals surface area (Å²) in [6, 6.07) is 0. The van der Waals surface area contributed by atoms with E-state index in [0.717, 1.165) is 19.0 Å². The number of rotatable bonds is 5. The lowest BCUT2D eigenvalue weighted by molar-refractivity contribution is 0.0438. The Morgan fingerprint density at radius 2 is 1.92 bits per heavy atom. The maximum Gasteiger partial charge on any atom is 0.0530 e. The fourth-order valence-corrected chi connectivity index (χ4v) is 2.39. The van der Waals surface area contributed by atoms with E-state index in [1.54, 1.807) is 0 Å². The van der Waals surface area contributed by atoms with Crippen LogP contribution in [0.3, 0.4) is 0 Å². The standard InChI is InChI=1S/C11H22OS/c1-10(2)7-12-8-11(9-13)5-3-4-6-11/h10,13H,3-9H2,1-2H3. The third kappa shape index (κ3) is 3.51. The molecule has 0 aromatic heterocycles. The minimum absolute atomic E-state index is 0.415. The van der Waals surface area contributed by atoms with Crippen molar-refractivity contribution in [1.82, 2.24) is 0 Å². The van der Waals surface area contributed by atoms with Crippen LogP contribution in [0.2, 0.25) is 0 Å². The van der Waals surface area contributed by atoms with Crippen molar-refractivity contribution in [3.8, 4) is 0 Å². The molecule has 0 unspecified atom stereocenters. The zero-order chi connectivity index (χ0) is 9.73. The smallest absolute Gasteiger partial charge is 0.0530 e. The second kappa shape index (κ2) is 5.26. The zero-order valence-electron chi connectivity index (χ0n) is 8.88. The average Bonchev–Trinajstić information content (AvgIpc) is 2.53. The van der Waals surface area contributed by atoms with Gasteiger partial charge in [0, 0.05) is 12.0 Å². The largest absolute Gasteiger partial charge is 0.381 e. The SMILES string of the molecule is CC(C)COCC1(CS)CCCC1. The van der Waals surface area contributed by atoms with E-state index >= 15 is 0 Å². The molecule has 0 heterocycles. The molecule has 13 heavy (non-hydrogen) atoms. The van der Waals surface area contributed by atoms with Gasteiger partial charge in [0.1, 0.15) is 0 Å². The summed E-state index contributed by atoms with van der Waals surface area (Å²) in [5.74, 6) is 1.64. The van der Waals surface area contributed by atoms with Gasteiger partial charge in [0.15, 0.2) is 0 Å². The second-order valence-corrected chi connectivity index (χ2v) is 5.09. The third-order valence-corrected chi connectivity index (χ3v) is 3.53. The molecule has 1 saturated carbocycles. The first-order valence-electron chi connectivity index (χ1n) is 5.37. The average molecular weight is 202 g/mol. The van der Waals surface area contributed by atoms with E-state index in [-0.39, 0.29) is 0 Å². The number of ether oxygens (including phenoxy) is 1. The molecule has 2 heteroatoms. The molecule has 0 aliphatic heterocycles. The molecule has 1 aliphatic rings. The summed E-state index contributed by atoms with van der Waals surface area (Å²) in [6.07, 6.45) is 5.36. The minimum atomic E-state index is 0.415. The number of hydrogen-bond donors (Lipinski definition) is 1. The lowest BCUT2D eigenvalue weighted by Gasteiger charge is -2.26. The van der Waals surface area contributed by atoms with E-state index < -0.39 is 0 Å². The molecular weight excluding hydrogens is 180 g/mol. The molecule has 78 valence electrons. The molecule has 0 radical (unpaired) electrons. The van der Waals surface area contributed by atoms with Gasteiger partial charge in [-0.15, -0.1) is 0 Å². The van der Waals surface area contributed by atoms with E-state index in [4.69, 9.17) is 4.74 Å². The lowest BCUT2D eigenvalue weighted by atomic mass is 9.90. The van der Waals surface area contributed by atoms with Gasteiger partial charge in [-0.2, -0.15) is 12.6 Å². The van der Waals surface area contributed by atoms with Crippen molar-refractivity contribution in [2.45, 2.75) is 39.5 Å². The van der Waals surface area contributed by atoms with Crippen molar-refractivity contribution >= 4 is 12.6 Å².